The summed E-state index contributed by atoms with van der Waals surface area (Å²) in [5.41, 5.74) is 4.10. The highest BCUT2D eigenvalue weighted by Gasteiger charge is 2.11. The van der Waals surface area contributed by atoms with E-state index in [-0.39, 0.29) is 6.42 Å². The fraction of sp³-hybridized carbons (Fsp3) is 0.176. The summed E-state index contributed by atoms with van der Waals surface area (Å²) in [6, 6.07) is 16.1. The summed E-state index contributed by atoms with van der Waals surface area (Å²) in [6.45, 7) is 2.64. The van der Waals surface area contributed by atoms with Crippen LogP contribution in [0.1, 0.15) is 17.0 Å². The Bertz CT molecular complexity index is 843. The van der Waals surface area contributed by atoms with Gasteiger partial charge in [0.2, 0.25) is 0 Å². The quantitative estimate of drug-likeness (QED) is 0.729. The third-order valence-corrected chi connectivity index (χ3v) is 3.86. The number of nitrogens with zero attached hydrogens (tertiary/aromatic N) is 3. The number of hydrogen-bond acceptors (Lipinski definition) is 2. The molecule has 0 amide bonds. The van der Waals surface area contributed by atoms with Gasteiger partial charge in [-0.15, -0.1) is 0 Å². The van der Waals surface area contributed by atoms with Gasteiger partial charge < -0.3 is 4.57 Å². The van der Waals surface area contributed by atoms with Crippen LogP contribution in [0, 0.1) is 18.3 Å². The van der Waals surface area contributed by atoms with Crippen molar-refractivity contribution in [3.05, 3.63) is 64.4 Å². The summed E-state index contributed by atoms with van der Waals surface area (Å²) in [5.74, 6) is 0.773. The molecule has 1 aromatic heterocycles. The Kier molecular flexibility index (Phi) is 3.64. The Morgan fingerprint density at radius 1 is 1.24 bits per heavy atom. The van der Waals surface area contributed by atoms with Gasteiger partial charge >= 0.3 is 0 Å². The first-order chi connectivity index (χ1) is 10.2. The number of imidazole rings is 1. The molecule has 3 aromatic rings. The van der Waals surface area contributed by atoms with Gasteiger partial charge in [-0.2, -0.15) is 5.26 Å². The molecule has 1 heterocycles. The Morgan fingerprint density at radius 3 is 2.81 bits per heavy atom. The van der Waals surface area contributed by atoms with Gasteiger partial charge in [0.05, 0.1) is 30.1 Å². The zero-order valence-electron chi connectivity index (χ0n) is 11.7. The highest BCUT2D eigenvalue weighted by molar-refractivity contribution is 6.31. The number of aromatic nitrogens is 2. The standard InChI is InChI=1S/C17H14ClN3/c1-12-6-7-13(14(18)10-12)11-21-16-5-3-2-4-15(16)20-17(21)8-9-19/h2-7,10H,8,11H2,1H3. The monoisotopic (exact) mass is 295 g/mol. The molecular formula is C17H14ClN3. The van der Waals surface area contributed by atoms with Gasteiger partial charge in [-0.3, -0.25) is 0 Å². The molecule has 0 N–H and O–H groups in total. The van der Waals surface area contributed by atoms with E-state index in [1.54, 1.807) is 0 Å². The van der Waals surface area contributed by atoms with Crippen molar-refractivity contribution in [2.45, 2.75) is 19.9 Å². The average Bonchev–Trinajstić information content (AvgIpc) is 2.80. The van der Waals surface area contributed by atoms with Crippen molar-refractivity contribution in [2.75, 3.05) is 0 Å². The van der Waals surface area contributed by atoms with E-state index in [9.17, 15) is 0 Å². The Morgan fingerprint density at radius 2 is 2.05 bits per heavy atom. The van der Waals surface area contributed by atoms with E-state index in [0.29, 0.717) is 6.54 Å². The van der Waals surface area contributed by atoms with E-state index in [0.717, 1.165) is 33.0 Å². The predicted octanol–water partition coefficient (Wildman–Crippen LogP) is 4.11. The van der Waals surface area contributed by atoms with Crippen LogP contribution in [-0.2, 0) is 13.0 Å². The lowest BCUT2D eigenvalue weighted by Crippen LogP contribution is -2.05. The van der Waals surface area contributed by atoms with Crippen LogP contribution >= 0.6 is 11.6 Å². The van der Waals surface area contributed by atoms with Crippen molar-refractivity contribution < 1.29 is 0 Å². The minimum Gasteiger partial charge on any atom is -0.323 e. The van der Waals surface area contributed by atoms with E-state index in [2.05, 4.69) is 15.6 Å². The SMILES string of the molecule is Cc1ccc(Cn2c(CC#N)nc3ccccc32)c(Cl)c1. The van der Waals surface area contributed by atoms with Gasteiger partial charge in [0.15, 0.2) is 0 Å². The van der Waals surface area contributed by atoms with Gasteiger partial charge in [-0.25, -0.2) is 4.98 Å². The Hall–Kier alpha value is -2.31. The summed E-state index contributed by atoms with van der Waals surface area (Å²) >= 11 is 6.33. The fourth-order valence-electron chi connectivity index (χ4n) is 2.46. The molecule has 0 aliphatic heterocycles. The molecule has 4 heteroatoms. The van der Waals surface area contributed by atoms with Crippen molar-refractivity contribution in [1.82, 2.24) is 9.55 Å². The number of rotatable bonds is 3. The van der Waals surface area contributed by atoms with Gasteiger partial charge in [0, 0.05) is 5.02 Å². The first-order valence-corrected chi connectivity index (χ1v) is 7.13. The second kappa shape index (κ2) is 5.59. The molecule has 0 unspecified atom stereocenters. The van der Waals surface area contributed by atoms with Crippen LogP contribution in [0.3, 0.4) is 0 Å². The number of benzene rings is 2. The number of hydrogen-bond donors (Lipinski definition) is 0. The van der Waals surface area contributed by atoms with Gasteiger partial charge in [0.25, 0.3) is 0 Å². The van der Waals surface area contributed by atoms with E-state index < -0.39 is 0 Å². The second-order valence-electron chi connectivity index (χ2n) is 5.03. The minimum absolute atomic E-state index is 0.290. The molecule has 0 aliphatic carbocycles. The predicted molar refractivity (Wildman–Crippen MR) is 84.3 cm³/mol. The van der Waals surface area contributed by atoms with Crippen LogP contribution in [0.2, 0.25) is 5.02 Å². The van der Waals surface area contributed by atoms with E-state index >= 15 is 0 Å². The third-order valence-electron chi connectivity index (χ3n) is 3.51. The normalized spacial score (nSPS) is 10.7. The lowest BCUT2D eigenvalue weighted by Gasteiger charge is -2.10. The topological polar surface area (TPSA) is 41.6 Å². The molecule has 0 saturated carbocycles. The molecule has 0 spiro atoms. The van der Waals surface area contributed by atoms with Gasteiger partial charge in [0.1, 0.15) is 5.82 Å². The zero-order valence-corrected chi connectivity index (χ0v) is 12.4. The number of fused-ring (bicyclic) bond motifs is 1. The first-order valence-electron chi connectivity index (χ1n) is 6.75. The molecule has 3 rings (SSSR count). The molecule has 2 aromatic carbocycles. The van der Waals surface area contributed by atoms with Gasteiger partial charge in [-0.1, -0.05) is 35.9 Å². The maximum Gasteiger partial charge on any atom is 0.124 e. The largest absolute Gasteiger partial charge is 0.323 e. The van der Waals surface area contributed by atoms with Crippen molar-refractivity contribution >= 4 is 22.6 Å². The smallest absolute Gasteiger partial charge is 0.124 e. The molecule has 0 fully saturated rings. The van der Waals surface area contributed by atoms with E-state index in [1.165, 1.54) is 0 Å². The van der Waals surface area contributed by atoms with Crippen molar-refractivity contribution in [2.24, 2.45) is 0 Å². The van der Waals surface area contributed by atoms with Gasteiger partial charge in [-0.05, 0) is 36.2 Å². The summed E-state index contributed by atoms with van der Waals surface area (Å²) in [5, 5.41) is 9.74. The first kappa shape index (κ1) is 13.7. The lowest BCUT2D eigenvalue weighted by molar-refractivity contribution is 0.769. The molecule has 0 bridgehead atoms. The molecule has 0 saturated heterocycles. The number of aryl methyl sites for hydroxylation is 1. The molecule has 21 heavy (non-hydrogen) atoms. The van der Waals surface area contributed by atoms with Crippen molar-refractivity contribution in [1.29, 1.82) is 5.26 Å². The Labute approximate surface area is 128 Å². The molecule has 0 radical (unpaired) electrons. The third kappa shape index (κ3) is 2.63. The molecule has 3 nitrogen and oxygen atoms in total. The maximum atomic E-state index is 9.00. The number of para-hydroxylation sites is 2. The minimum atomic E-state index is 0.290. The van der Waals surface area contributed by atoms with Crippen LogP contribution < -0.4 is 0 Å². The lowest BCUT2D eigenvalue weighted by atomic mass is 10.1. The van der Waals surface area contributed by atoms with Crippen LogP contribution in [0.15, 0.2) is 42.5 Å². The summed E-state index contributed by atoms with van der Waals surface area (Å²) in [7, 11) is 0. The zero-order chi connectivity index (χ0) is 14.8. The van der Waals surface area contributed by atoms with E-state index in [4.69, 9.17) is 16.9 Å². The van der Waals surface area contributed by atoms with E-state index in [1.807, 2.05) is 49.4 Å². The number of halogens is 1. The average molecular weight is 296 g/mol. The van der Waals surface area contributed by atoms with Crippen LogP contribution in [-0.4, -0.2) is 9.55 Å². The van der Waals surface area contributed by atoms with Crippen LogP contribution in [0.4, 0.5) is 0 Å². The molecule has 0 aliphatic rings. The summed E-state index contributed by atoms with van der Waals surface area (Å²) < 4.78 is 2.06. The molecular weight excluding hydrogens is 282 g/mol. The second-order valence-corrected chi connectivity index (χ2v) is 5.44. The molecule has 0 atom stereocenters. The fourth-order valence-corrected chi connectivity index (χ4v) is 2.75. The number of nitriles is 1. The van der Waals surface area contributed by atoms with Crippen molar-refractivity contribution in [3.63, 3.8) is 0 Å². The molecule has 104 valence electrons. The highest BCUT2D eigenvalue weighted by Crippen LogP contribution is 2.23. The highest BCUT2D eigenvalue weighted by atomic mass is 35.5. The maximum absolute atomic E-state index is 9.00. The summed E-state index contributed by atoms with van der Waals surface area (Å²) in [6.07, 6.45) is 0.290. The Balaban J connectivity index is 2.10. The van der Waals surface area contributed by atoms with Crippen LogP contribution in [0.25, 0.3) is 11.0 Å². The van der Waals surface area contributed by atoms with Crippen LogP contribution in [0.5, 0.6) is 0 Å². The summed E-state index contributed by atoms with van der Waals surface area (Å²) in [4.78, 5) is 4.54. The van der Waals surface area contributed by atoms with Crippen molar-refractivity contribution in [3.8, 4) is 6.07 Å².